The number of carbonyl (C=O) groups excluding carboxylic acids is 1. The highest BCUT2D eigenvalue weighted by atomic mass is 35.5. The van der Waals surface area contributed by atoms with Gasteiger partial charge in [0.15, 0.2) is 0 Å². The average Bonchev–Trinajstić information content (AvgIpc) is 2.74. The minimum absolute atomic E-state index is 0.137. The maximum atomic E-state index is 12.1. The number of benzene rings is 1. The summed E-state index contributed by atoms with van der Waals surface area (Å²) < 4.78 is 6.07. The van der Waals surface area contributed by atoms with E-state index < -0.39 is 0 Å². The summed E-state index contributed by atoms with van der Waals surface area (Å²) in [6.45, 7) is 6.18. The second-order valence-electron chi connectivity index (χ2n) is 4.61. The van der Waals surface area contributed by atoms with Crippen molar-refractivity contribution in [3.8, 4) is 0 Å². The molecule has 0 bridgehead atoms. The molecule has 0 aliphatic carbocycles. The second kappa shape index (κ2) is 5.88. The van der Waals surface area contributed by atoms with E-state index in [2.05, 4.69) is 4.98 Å². The predicted octanol–water partition coefficient (Wildman–Crippen LogP) is 4.25. The van der Waals surface area contributed by atoms with E-state index in [1.54, 1.807) is 0 Å². The van der Waals surface area contributed by atoms with Crippen LogP contribution in [-0.4, -0.2) is 17.6 Å². The van der Waals surface area contributed by atoms with Crippen LogP contribution in [0.15, 0.2) is 18.2 Å². The number of rotatable bonds is 4. The van der Waals surface area contributed by atoms with Crippen LogP contribution in [-0.2, 0) is 9.53 Å². The van der Waals surface area contributed by atoms with Crippen molar-refractivity contribution in [1.82, 2.24) is 4.98 Å². The van der Waals surface area contributed by atoms with Crippen LogP contribution >= 0.6 is 22.9 Å². The van der Waals surface area contributed by atoms with Crippen LogP contribution in [0.4, 0.5) is 0 Å². The maximum absolute atomic E-state index is 12.1. The molecule has 0 saturated heterocycles. The SMILES string of the molecule is CCOC(=O)C(c1nc2cccc(Cl)c2s1)C(C)C. The quantitative estimate of drug-likeness (QED) is 0.792. The fourth-order valence-corrected chi connectivity index (χ4v) is 3.47. The zero-order valence-electron chi connectivity index (χ0n) is 11.1. The number of thiazole rings is 1. The van der Waals surface area contributed by atoms with Crippen LogP contribution in [0.5, 0.6) is 0 Å². The summed E-state index contributed by atoms with van der Waals surface area (Å²) in [6.07, 6.45) is 0. The van der Waals surface area contributed by atoms with Crippen molar-refractivity contribution >= 4 is 39.1 Å². The van der Waals surface area contributed by atoms with Crippen molar-refractivity contribution < 1.29 is 9.53 Å². The van der Waals surface area contributed by atoms with Crippen LogP contribution in [0.2, 0.25) is 5.02 Å². The molecule has 0 amide bonds. The molecule has 0 spiro atoms. The van der Waals surface area contributed by atoms with Gasteiger partial charge in [-0.3, -0.25) is 4.79 Å². The van der Waals surface area contributed by atoms with Gasteiger partial charge in [-0.1, -0.05) is 31.5 Å². The molecule has 2 aromatic rings. The van der Waals surface area contributed by atoms with E-state index in [1.165, 1.54) is 11.3 Å². The largest absolute Gasteiger partial charge is 0.465 e. The third-order valence-corrected chi connectivity index (χ3v) is 4.47. The number of nitrogens with zero attached hydrogens (tertiary/aromatic N) is 1. The minimum atomic E-state index is -0.326. The van der Waals surface area contributed by atoms with Gasteiger partial charge in [-0.15, -0.1) is 11.3 Å². The lowest BCUT2D eigenvalue weighted by Gasteiger charge is -2.16. The van der Waals surface area contributed by atoms with Gasteiger partial charge >= 0.3 is 5.97 Å². The Balaban J connectivity index is 2.45. The number of esters is 1. The Bertz CT molecular complexity index is 594. The number of fused-ring (bicyclic) bond motifs is 1. The van der Waals surface area contributed by atoms with Gasteiger partial charge in [0.05, 0.1) is 21.8 Å². The normalized spacial score (nSPS) is 12.9. The van der Waals surface area contributed by atoms with Gasteiger partial charge in [0, 0.05) is 0 Å². The van der Waals surface area contributed by atoms with Gasteiger partial charge in [-0.2, -0.15) is 0 Å². The number of halogens is 1. The van der Waals surface area contributed by atoms with Crippen molar-refractivity contribution in [1.29, 1.82) is 0 Å². The number of ether oxygens (including phenoxy) is 1. The molecule has 0 aliphatic heterocycles. The molecule has 0 aliphatic rings. The van der Waals surface area contributed by atoms with Gasteiger partial charge in [0.25, 0.3) is 0 Å². The number of hydrogen-bond acceptors (Lipinski definition) is 4. The minimum Gasteiger partial charge on any atom is -0.465 e. The molecule has 19 heavy (non-hydrogen) atoms. The molecular weight excluding hydrogens is 282 g/mol. The molecule has 0 fully saturated rings. The van der Waals surface area contributed by atoms with E-state index in [4.69, 9.17) is 16.3 Å². The van der Waals surface area contributed by atoms with E-state index in [0.29, 0.717) is 11.6 Å². The molecule has 102 valence electrons. The summed E-state index contributed by atoms with van der Waals surface area (Å²) in [5.41, 5.74) is 0.836. The van der Waals surface area contributed by atoms with E-state index in [9.17, 15) is 4.79 Å². The third-order valence-electron chi connectivity index (χ3n) is 2.86. The molecule has 3 nitrogen and oxygen atoms in total. The average molecular weight is 298 g/mol. The Labute approximate surface area is 121 Å². The fourth-order valence-electron chi connectivity index (χ4n) is 1.96. The molecule has 1 aromatic carbocycles. The predicted molar refractivity (Wildman–Crippen MR) is 78.8 cm³/mol. The van der Waals surface area contributed by atoms with Crippen molar-refractivity contribution in [3.63, 3.8) is 0 Å². The summed E-state index contributed by atoms with van der Waals surface area (Å²) >= 11 is 7.62. The Morgan fingerprint density at radius 2 is 2.21 bits per heavy atom. The van der Waals surface area contributed by atoms with E-state index in [1.807, 2.05) is 39.0 Å². The van der Waals surface area contributed by atoms with Gasteiger partial charge in [0.2, 0.25) is 0 Å². The van der Waals surface area contributed by atoms with Crippen LogP contribution in [0, 0.1) is 5.92 Å². The summed E-state index contributed by atoms with van der Waals surface area (Å²) in [5.74, 6) is -0.403. The van der Waals surface area contributed by atoms with Gasteiger partial charge in [0.1, 0.15) is 10.9 Å². The summed E-state index contributed by atoms with van der Waals surface area (Å²) in [5, 5.41) is 1.45. The molecule has 0 radical (unpaired) electrons. The Hall–Kier alpha value is -1.13. The second-order valence-corrected chi connectivity index (χ2v) is 6.05. The lowest BCUT2D eigenvalue weighted by Crippen LogP contribution is -2.20. The van der Waals surface area contributed by atoms with Crippen LogP contribution in [0.25, 0.3) is 10.2 Å². The Kier molecular flexibility index (Phi) is 4.42. The Morgan fingerprint density at radius 3 is 2.79 bits per heavy atom. The van der Waals surface area contributed by atoms with Crippen molar-refractivity contribution in [2.24, 2.45) is 5.92 Å². The first kappa shape index (κ1) is 14.3. The van der Waals surface area contributed by atoms with Crippen molar-refractivity contribution in [3.05, 3.63) is 28.2 Å². The number of aromatic nitrogens is 1. The topological polar surface area (TPSA) is 39.2 Å². The highest BCUT2D eigenvalue weighted by molar-refractivity contribution is 7.19. The lowest BCUT2D eigenvalue weighted by molar-refractivity contribution is -0.146. The van der Waals surface area contributed by atoms with E-state index >= 15 is 0 Å². The first-order chi connectivity index (χ1) is 9.04. The van der Waals surface area contributed by atoms with Gasteiger partial charge in [-0.05, 0) is 25.0 Å². The molecular formula is C14H16ClNO2S. The van der Waals surface area contributed by atoms with Crippen LogP contribution in [0.1, 0.15) is 31.7 Å². The first-order valence-corrected chi connectivity index (χ1v) is 7.45. The molecule has 0 N–H and O–H groups in total. The zero-order valence-corrected chi connectivity index (χ0v) is 12.7. The van der Waals surface area contributed by atoms with Crippen LogP contribution in [0.3, 0.4) is 0 Å². The first-order valence-electron chi connectivity index (χ1n) is 6.26. The Morgan fingerprint density at radius 1 is 1.47 bits per heavy atom. The molecule has 0 saturated carbocycles. The van der Waals surface area contributed by atoms with E-state index in [0.717, 1.165) is 15.2 Å². The zero-order chi connectivity index (χ0) is 14.0. The van der Waals surface area contributed by atoms with Crippen molar-refractivity contribution in [2.75, 3.05) is 6.61 Å². The standard InChI is InChI=1S/C14H16ClNO2S/c1-4-18-14(17)11(8(2)3)13-16-10-7-5-6-9(15)12(10)19-13/h5-8,11H,4H2,1-3H3. The molecule has 2 rings (SSSR count). The molecule has 1 heterocycles. The van der Waals surface area contributed by atoms with Crippen LogP contribution < -0.4 is 0 Å². The summed E-state index contributed by atoms with van der Waals surface area (Å²) in [7, 11) is 0. The molecule has 1 unspecified atom stereocenters. The van der Waals surface area contributed by atoms with Gasteiger partial charge < -0.3 is 4.74 Å². The molecule has 1 aromatic heterocycles. The lowest BCUT2D eigenvalue weighted by atomic mass is 9.97. The summed E-state index contributed by atoms with van der Waals surface area (Å²) in [4.78, 5) is 16.6. The highest BCUT2D eigenvalue weighted by Gasteiger charge is 2.29. The van der Waals surface area contributed by atoms with E-state index in [-0.39, 0.29) is 17.8 Å². The third kappa shape index (κ3) is 2.90. The smallest absolute Gasteiger partial charge is 0.316 e. The number of hydrogen-bond donors (Lipinski definition) is 0. The monoisotopic (exact) mass is 297 g/mol. The summed E-state index contributed by atoms with van der Waals surface area (Å²) in [6, 6.07) is 5.60. The molecule has 1 atom stereocenters. The van der Waals surface area contributed by atoms with Gasteiger partial charge in [-0.25, -0.2) is 4.98 Å². The number of carbonyl (C=O) groups is 1. The highest BCUT2D eigenvalue weighted by Crippen LogP contribution is 2.35. The maximum Gasteiger partial charge on any atom is 0.316 e. The molecule has 5 heteroatoms. The van der Waals surface area contributed by atoms with Crippen molar-refractivity contribution in [2.45, 2.75) is 26.7 Å². The fraction of sp³-hybridized carbons (Fsp3) is 0.429.